The zero-order valence-electron chi connectivity index (χ0n) is 15.0. The summed E-state index contributed by atoms with van der Waals surface area (Å²) in [7, 11) is 0. The predicted molar refractivity (Wildman–Crippen MR) is 95.9 cm³/mol. The Morgan fingerprint density at radius 1 is 1.04 bits per heavy atom. The van der Waals surface area contributed by atoms with Gasteiger partial charge >= 0.3 is 0 Å². The lowest BCUT2D eigenvalue weighted by Gasteiger charge is -2.22. The van der Waals surface area contributed by atoms with Crippen LogP contribution in [0, 0.1) is 5.82 Å². The van der Waals surface area contributed by atoms with Crippen molar-refractivity contribution in [1.29, 1.82) is 0 Å². The summed E-state index contributed by atoms with van der Waals surface area (Å²) in [6, 6.07) is 5.90. The number of aryl methyl sites for hydroxylation is 1. The van der Waals surface area contributed by atoms with Crippen LogP contribution in [0.4, 0.5) is 4.39 Å². The lowest BCUT2D eigenvalue weighted by molar-refractivity contribution is 0.0923. The molecule has 2 amide bonds. The predicted octanol–water partition coefficient (Wildman–Crippen LogP) is 2.77. The number of rotatable bonds is 4. The molecule has 1 atom stereocenters. The minimum Gasteiger partial charge on any atom is -0.360 e. The Kier molecular flexibility index (Phi) is 4.92. The van der Waals surface area contributed by atoms with E-state index in [-0.39, 0.29) is 23.6 Å². The summed E-state index contributed by atoms with van der Waals surface area (Å²) >= 11 is 0. The number of fused-ring (bicyclic) bond motifs is 1. The SMILES string of the molecule is O=C(NC1CCc2onc(C(=O)NC3CCCC3)c2C1)c1ccccc1F. The number of hydrogen-bond donors (Lipinski definition) is 2. The third-order valence-corrected chi connectivity index (χ3v) is 5.40. The van der Waals surface area contributed by atoms with Crippen LogP contribution in [0.2, 0.25) is 0 Å². The normalized spacial score (nSPS) is 19.5. The molecule has 6 nitrogen and oxygen atoms in total. The standard InChI is InChI=1S/C20H22FN3O3/c21-16-8-4-3-7-14(16)19(25)23-13-9-10-17-15(11-13)18(24-27-17)20(26)22-12-5-1-2-6-12/h3-4,7-8,12-13H,1-2,5-6,9-11H2,(H,22,26)(H,23,25). The molecule has 7 heteroatoms. The average molecular weight is 371 g/mol. The Morgan fingerprint density at radius 3 is 2.56 bits per heavy atom. The van der Waals surface area contributed by atoms with Gasteiger partial charge in [-0.3, -0.25) is 9.59 Å². The topological polar surface area (TPSA) is 84.2 Å². The fourth-order valence-electron chi connectivity index (χ4n) is 3.94. The van der Waals surface area contributed by atoms with Crippen LogP contribution in [0.3, 0.4) is 0 Å². The number of aromatic nitrogens is 1. The fourth-order valence-corrected chi connectivity index (χ4v) is 3.94. The van der Waals surface area contributed by atoms with E-state index in [9.17, 15) is 14.0 Å². The molecule has 1 saturated carbocycles. The zero-order chi connectivity index (χ0) is 18.8. The van der Waals surface area contributed by atoms with Crippen molar-refractivity contribution in [3.8, 4) is 0 Å². The number of halogens is 1. The number of amides is 2. The molecule has 27 heavy (non-hydrogen) atoms. The van der Waals surface area contributed by atoms with Crippen molar-refractivity contribution in [2.75, 3.05) is 0 Å². The van der Waals surface area contributed by atoms with Gasteiger partial charge in [0.2, 0.25) is 0 Å². The van der Waals surface area contributed by atoms with Gasteiger partial charge in [0.05, 0.1) is 5.56 Å². The molecule has 1 aromatic carbocycles. The molecule has 0 radical (unpaired) electrons. The number of benzene rings is 1. The smallest absolute Gasteiger partial charge is 0.273 e. The summed E-state index contributed by atoms with van der Waals surface area (Å²) in [5, 5.41) is 9.85. The van der Waals surface area contributed by atoms with E-state index in [0.29, 0.717) is 30.7 Å². The largest absolute Gasteiger partial charge is 0.360 e. The van der Waals surface area contributed by atoms with Crippen molar-refractivity contribution in [3.05, 3.63) is 52.7 Å². The monoisotopic (exact) mass is 371 g/mol. The molecule has 1 aromatic heterocycles. The van der Waals surface area contributed by atoms with Crippen LogP contribution in [-0.4, -0.2) is 29.1 Å². The van der Waals surface area contributed by atoms with Crippen LogP contribution in [-0.2, 0) is 12.8 Å². The molecule has 4 rings (SSSR count). The molecule has 2 aliphatic carbocycles. The molecule has 2 aliphatic rings. The second-order valence-corrected chi connectivity index (χ2v) is 7.28. The zero-order valence-corrected chi connectivity index (χ0v) is 15.0. The van der Waals surface area contributed by atoms with Crippen LogP contribution >= 0.6 is 0 Å². The first-order valence-corrected chi connectivity index (χ1v) is 9.45. The molecule has 2 aromatic rings. The number of hydrogen-bond acceptors (Lipinski definition) is 4. The first-order valence-electron chi connectivity index (χ1n) is 9.45. The minimum atomic E-state index is -0.548. The molecular formula is C20H22FN3O3. The van der Waals surface area contributed by atoms with Crippen LogP contribution in [0.1, 0.15) is 64.3 Å². The highest BCUT2D eigenvalue weighted by atomic mass is 19.1. The van der Waals surface area contributed by atoms with Crippen LogP contribution in [0.5, 0.6) is 0 Å². The van der Waals surface area contributed by atoms with Crippen LogP contribution in [0.25, 0.3) is 0 Å². The van der Waals surface area contributed by atoms with Crippen LogP contribution < -0.4 is 10.6 Å². The van der Waals surface area contributed by atoms with E-state index >= 15 is 0 Å². The summed E-state index contributed by atoms with van der Waals surface area (Å²) in [6.45, 7) is 0. The van der Waals surface area contributed by atoms with Crippen molar-refractivity contribution in [3.63, 3.8) is 0 Å². The van der Waals surface area contributed by atoms with Gasteiger partial charge in [-0.25, -0.2) is 4.39 Å². The third kappa shape index (κ3) is 3.72. The molecule has 1 fully saturated rings. The van der Waals surface area contributed by atoms with Crippen molar-refractivity contribution in [2.24, 2.45) is 0 Å². The third-order valence-electron chi connectivity index (χ3n) is 5.40. The van der Waals surface area contributed by atoms with Crippen molar-refractivity contribution < 1.29 is 18.5 Å². The second kappa shape index (κ2) is 7.50. The summed E-state index contributed by atoms with van der Waals surface area (Å²) in [5.74, 6) is -0.515. The number of carbonyl (C=O) groups is 2. The molecule has 0 bridgehead atoms. The first-order chi connectivity index (χ1) is 13.1. The summed E-state index contributed by atoms with van der Waals surface area (Å²) in [5.41, 5.74) is 1.07. The Morgan fingerprint density at radius 2 is 1.78 bits per heavy atom. The molecular weight excluding hydrogens is 349 g/mol. The van der Waals surface area contributed by atoms with Gasteiger partial charge in [-0.2, -0.15) is 0 Å². The highest BCUT2D eigenvalue weighted by molar-refractivity contribution is 5.95. The maximum absolute atomic E-state index is 13.8. The molecule has 2 N–H and O–H groups in total. The summed E-state index contributed by atoms with van der Waals surface area (Å²) in [4.78, 5) is 24.9. The quantitative estimate of drug-likeness (QED) is 0.866. The van der Waals surface area contributed by atoms with Gasteiger partial charge in [0.15, 0.2) is 5.69 Å². The van der Waals surface area contributed by atoms with E-state index < -0.39 is 11.7 Å². The molecule has 0 aliphatic heterocycles. The average Bonchev–Trinajstić information content (AvgIpc) is 3.31. The maximum Gasteiger partial charge on any atom is 0.273 e. The van der Waals surface area contributed by atoms with Gasteiger partial charge < -0.3 is 15.2 Å². The van der Waals surface area contributed by atoms with Gasteiger partial charge in [-0.1, -0.05) is 30.1 Å². The Balaban J connectivity index is 1.44. The molecule has 1 heterocycles. The second-order valence-electron chi connectivity index (χ2n) is 7.28. The van der Waals surface area contributed by atoms with E-state index in [1.807, 2.05) is 0 Å². The van der Waals surface area contributed by atoms with Gasteiger partial charge in [0, 0.05) is 24.1 Å². The van der Waals surface area contributed by atoms with Crippen molar-refractivity contribution in [2.45, 2.75) is 57.0 Å². The lowest BCUT2D eigenvalue weighted by Crippen LogP contribution is -2.40. The van der Waals surface area contributed by atoms with Crippen molar-refractivity contribution in [1.82, 2.24) is 15.8 Å². The van der Waals surface area contributed by atoms with E-state index in [1.165, 1.54) is 12.1 Å². The Hall–Kier alpha value is -2.70. The highest BCUT2D eigenvalue weighted by Gasteiger charge is 2.31. The van der Waals surface area contributed by atoms with E-state index in [0.717, 1.165) is 31.2 Å². The Labute approximate surface area is 156 Å². The first kappa shape index (κ1) is 17.7. The summed E-state index contributed by atoms with van der Waals surface area (Å²) < 4.78 is 19.2. The molecule has 142 valence electrons. The maximum atomic E-state index is 13.8. The fraction of sp³-hybridized carbons (Fsp3) is 0.450. The molecule has 1 unspecified atom stereocenters. The number of nitrogens with zero attached hydrogens (tertiary/aromatic N) is 1. The van der Waals surface area contributed by atoms with E-state index in [2.05, 4.69) is 15.8 Å². The van der Waals surface area contributed by atoms with E-state index in [4.69, 9.17) is 4.52 Å². The summed E-state index contributed by atoms with van der Waals surface area (Å²) in [6.07, 6.45) is 5.94. The minimum absolute atomic E-state index is 0.0211. The molecule has 0 spiro atoms. The van der Waals surface area contributed by atoms with Gasteiger partial charge in [-0.15, -0.1) is 0 Å². The number of carbonyl (C=O) groups excluding carboxylic acids is 2. The van der Waals surface area contributed by atoms with Gasteiger partial charge in [-0.05, 0) is 37.8 Å². The Bertz CT molecular complexity index is 858. The van der Waals surface area contributed by atoms with Gasteiger partial charge in [0.1, 0.15) is 11.6 Å². The van der Waals surface area contributed by atoms with Crippen LogP contribution in [0.15, 0.2) is 28.8 Å². The van der Waals surface area contributed by atoms with Crippen molar-refractivity contribution >= 4 is 11.8 Å². The van der Waals surface area contributed by atoms with E-state index in [1.54, 1.807) is 12.1 Å². The number of nitrogens with one attached hydrogen (secondary N) is 2. The van der Waals surface area contributed by atoms with Gasteiger partial charge in [0.25, 0.3) is 11.8 Å². The molecule has 0 saturated heterocycles. The highest BCUT2D eigenvalue weighted by Crippen LogP contribution is 2.26. The lowest BCUT2D eigenvalue weighted by atomic mass is 9.91.